The molecule has 2 atom stereocenters. The molecule has 0 N–H and O–H groups in total. The third-order valence-electron chi connectivity index (χ3n) is 7.78. The van der Waals surface area contributed by atoms with Crippen molar-refractivity contribution in [1.29, 1.82) is 0 Å². The lowest BCUT2D eigenvalue weighted by atomic mass is 9.98. The van der Waals surface area contributed by atoms with Crippen LogP contribution in [0.25, 0.3) is 11.1 Å². The number of aromatic nitrogens is 1. The number of alkyl halides is 3. The molecule has 1 amide bonds. The summed E-state index contributed by atoms with van der Waals surface area (Å²) < 4.78 is 51.8. The zero-order chi connectivity index (χ0) is 28.4. The zero-order valence-corrected chi connectivity index (χ0v) is 22.9. The maximum Gasteiger partial charge on any atom is 0.416 e. The Morgan fingerprint density at radius 2 is 1.77 bits per heavy atom. The van der Waals surface area contributed by atoms with Crippen LogP contribution in [0.5, 0.6) is 0 Å². The number of carbonyl (C=O) groups is 1. The molecule has 0 saturated carbocycles. The fourth-order valence-electron chi connectivity index (χ4n) is 5.73. The van der Waals surface area contributed by atoms with Crippen LogP contribution >= 0.6 is 0 Å². The molecule has 0 aliphatic carbocycles. The van der Waals surface area contributed by atoms with E-state index in [4.69, 9.17) is 14.5 Å². The highest BCUT2D eigenvalue weighted by Gasteiger charge is 2.41. The number of nitrogens with zero attached hydrogens (tertiary/aromatic N) is 3. The van der Waals surface area contributed by atoms with Crippen molar-refractivity contribution in [1.82, 2.24) is 9.88 Å². The Morgan fingerprint density at radius 1 is 1.05 bits per heavy atom. The molecule has 1 aromatic heterocycles. The fourth-order valence-corrected chi connectivity index (χ4v) is 5.73. The van der Waals surface area contributed by atoms with E-state index < -0.39 is 30.0 Å². The van der Waals surface area contributed by atoms with Gasteiger partial charge >= 0.3 is 12.3 Å². The number of aryl methyl sites for hydroxylation is 1. The summed E-state index contributed by atoms with van der Waals surface area (Å²) >= 11 is 0. The number of rotatable bonds is 7. The van der Waals surface area contributed by atoms with Gasteiger partial charge in [-0.3, -0.25) is 4.90 Å². The first-order valence-electron chi connectivity index (χ1n) is 13.7. The van der Waals surface area contributed by atoms with Crippen LogP contribution in [0.3, 0.4) is 0 Å². The van der Waals surface area contributed by atoms with Crippen molar-refractivity contribution in [3.63, 3.8) is 0 Å². The molecule has 2 aliphatic rings. The monoisotopic (exact) mass is 553 g/mol. The molecule has 3 heterocycles. The average Bonchev–Trinajstić information content (AvgIpc) is 3.23. The highest BCUT2D eigenvalue weighted by atomic mass is 19.4. The molecule has 0 spiro atoms. The highest BCUT2D eigenvalue weighted by molar-refractivity contribution is 5.72. The van der Waals surface area contributed by atoms with E-state index in [-0.39, 0.29) is 12.6 Å². The number of pyridine rings is 1. The van der Waals surface area contributed by atoms with E-state index in [1.807, 2.05) is 43.5 Å². The topological polar surface area (TPSA) is 54.9 Å². The van der Waals surface area contributed by atoms with Gasteiger partial charge in [-0.1, -0.05) is 42.0 Å². The fraction of sp³-hybridized carbons (Fsp3) is 0.419. The van der Waals surface area contributed by atoms with Gasteiger partial charge in [0, 0.05) is 43.1 Å². The number of cyclic esters (lactones) is 1. The number of carbonyl (C=O) groups excluding carboxylic acids is 1. The summed E-state index contributed by atoms with van der Waals surface area (Å²) in [5, 5.41) is 0. The minimum atomic E-state index is -4.49. The molecule has 2 aromatic carbocycles. The molecule has 0 unspecified atom stereocenters. The van der Waals surface area contributed by atoms with Crippen molar-refractivity contribution in [2.75, 3.05) is 24.7 Å². The second-order valence-corrected chi connectivity index (χ2v) is 10.5. The van der Waals surface area contributed by atoms with Crippen LogP contribution < -0.4 is 4.90 Å². The number of amides is 1. The second-order valence-electron chi connectivity index (χ2n) is 10.5. The van der Waals surface area contributed by atoms with E-state index in [0.717, 1.165) is 54.0 Å². The lowest BCUT2D eigenvalue weighted by Crippen LogP contribution is -2.41. The summed E-state index contributed by atoms with van der Waals surface area (Å²) in [6, 6.07) is 15.6. The molecule has 3 aromatic rings. The van der Waals surface area contributed by atoms with Gasteiger partial charge in [0.15, 0.2) is 0 Å². The van der Waals surface area contributed by atoms with Crippen LogP contribution in [0.2, 0.25) is 0 Å². The molecule has 9 heteroatoms. The van der Waals surface area contributed by atoms with E-state index in [1.165, 1.54) is 0 Å². The average molecular weight is 554 g/mol. The lowest BCUT2D eigenvalue weighted by Gasteiger charge is -2.36. The largest absolute Gasteiger partial charge is 0.439 e. The number of hydrogen-bond donors (Lipinski definition) is 0. The molecule has 40 heavy (non-hydrogen) atoms. The van der Waals surface area contributed by atoms with Gasteiger partial charge in [-0.2, -0.15) is 13.2 Å². The van der Waals surface area contributed by atoms with Crippen LogP contribution in [0.1, 0.15) is 55.0 Å². The first kappa shape index (κ1) is 28.0. The quantitative estimate of drug-likeness (QED) is 0.311. The van der Waals surface area contributed by atoms with E-state index >= 15 is 0 Å². The Morgan fingerprint density at radius 3 is 2.45 bits per heavy atom. The highest BCUT2D eigenvalue weighted by Crippen LogP contribution is 2.39. The molecule has 212 valence electrons. The van der Waals surface area contributed by atoms with Crippen molar-refractivity contribution in [3.8, 4) is 11.1 Å². The number of benzene rings is 2. The number of anilines is 1. The van der Waals surface area contributed by atoms with Crippen molar-refractivity contribution in [2.24, 2.45) is 0 Å². The SMILES string of the molecule is CCN(c1ncc(-c2ccccc2)cc1CN1C(=O)O[C@H](c2cc(C)cc(C(F)(F)F)c2)[C@@H]1C)C1CCOCC1. The standard InChI is InChI=1S/C31H34F3N3O3/c1-4-36(27-10-12-39-13-11-27)29-25(16-24(18-35-29)22-8-6-5-7-9-22)19-37-21(3)28(40-30(37)38)23-14-20(2)15-26(17-23)31(32,33)34/h5-9,14-18,21,27-28H,4,10-13,19H2,1-3H3/t21-,28-/m0/s1. The second kappa shape index (κ2) is 11.5. The van der Waals surface area contributed by atoms with E-state index in [0.29, 0.717) is 24.3 Å². The van der Waals surface area contributed by atoms with Gasteiger partial charge in [-0.25, -0.2) is 9.78 Å². The van der Waals surface area contributed by atoms with Crippen LogP contribution in [0, 0.1) is 6.92 Å². The lowest BCUT2D eigenvalue weighted by molar-refractivity contribution is -0.137. The van der Waals surface area contributed by atoms with Crippen LogP contribution in [-0.2, 0) is 22.2 Å². The number of ether oxygens (including phenoxy) is 2. The summed E-state index contributed by atoms with van der Waals surface area (Å²) in [7, 11) is 0. The number of hydrogen-bond acceptors (Lipinski definition) is 5. The molecule has 2 saturated heterocycles. The molecule has 2 aliphatic heterocycles. The third-order valence-corrected chi connectivity index (χ3v) is 7.78. The third kappa shape index (κ3) is 5.80. The predicted molar refractivity (Wildman–Crippen MR) is 147 cm³/mol. The maximum absolute atomic E-state index is 13.5. The summed E-state index contributed by atoms with van der Waals surface area (Å²) in [6.45, 7) is 7.84. The Labute approximate surface area is 232 Å². The van der Waals surface area contributed by atoms with Crippen molar-refractivity contribution < 1.29 is 27.4 Å². The van der Waals surface area contributed by atoms with Crippen molar-refractivity contribution in [3.05, 3.63) is 83.0 Å². The Balaban J connectivity index is 1.49. The first-order valence-corrected chi connectivity index (χ1v) is 13.7. The van der Waals surface area contributed by atoms with Crippen LogP contribution in [0.4, 0.5) is 23.8 Å². The normalized spacial score (nSPS) is 20.1. The van der Waals surface area contributed by atoms with Crippen molar-refractivity contribution >= 4 is 11.9 Å². The Hall–Kier alpha value is -3.59. The molecular formula is C31H34F3N3O3. The molecule has 0 radical (unpaired) electrons. The van der Waals surface area contributed by atoms with E-state index in [1.54, 1.807) is 17.9 Å². The molecule has 5 rings (SSSR count). The number of halogens is 3. The summed E-state index contributed by atoms with van der Waals surface area (Å²) in [6.07, 6.45) is -2.24. The van der Waals surface area contributed by atoms with Gasteiger partial charge < -0.3 is 14.4 Å². The van der Waals surface area contributed by atoms with Crippen LogP contribution in [-0.4, -0.2) is 47.8 Å². The van der Waals surface area contributed by atoms with Gasteiger partial charge in [0.1, 0.15) is 11.9 Å². The predicted octanol–water partition coefficient (Wildman–Crippen LogP) is 7.16. The molecule has 0 bridgehead atoms. The minimum Gasteiger partial charge on any atom is -0.439 e. The zero-order valence-electron chi connectivity index (χ0n) is 22.9. The Kier molecular flexibility index (Phi) is 8.03. The van der Waals surface area contributed by atoms with E-state index in [2.05, 4.69) is 17.9 Å². The Bertz CT molecular complexity index is 1340. The van der Waals surface area contributed by atoms with Gasteiger partial charge in [0.2, 0.25) is 0 Å². The van der Waals surface area contributed by atoms with Crippen LogP contribution in [0.15, 0.2) is 60.8 Å². The molecular weight excluding hydrogens is 519 g/mol. The molecule has 6 nitrogen and oxygen atoms in total. The van der Waals surface area contributed by atoms with Gasteiger partial charge in [0.25, 0.3) is 0 Å². The molecule has 2 fully saturated rings. The minimum absolute atomic E-state index is 0.219. The summed E-state index contributed by atoms with van der Waals surface area (Å²) in [5.74, 6) is 0.799. The smallest absolute Gasteiger partial charge is 0.416 e. The van der Waals surface area contributed by atoms with Crippen molar-refractivity contribution in [2.45, 2.75) is 64.5 Å². The van der Waals surface area contributed by atoms with E-state index in [9.17, 15) is 18.0 Å². The van der Waals surface area contributed by atoms with Gasteiger partial charge in [-0.05, 0) is 62.9 Å². The first-order chi connectivity index (χ1) is 19.2. The van der Waals surface area contributed by atoms with Gasteiger partial charge in [0.05, 0.1) is 18.2 Å². The summed E-state index contributed by atoms with van der Waals surface area (Å²) in [4.78, 5) is 21.9. The maximum atomic E-state index is 13.5. The summed E-state index contributed by atoms with van der Waals surface area (Å²) in [5.41, 5.74) is 2.84. The van der Waals surface area contributed by atoms with Gasteiger partial charge in [-0.15, -0.1) is 0 Å².